The Morgan fingerprint density at radius 3 is 2.29 bits per heavy atom. The van der Waals surface area contributed by atoms with Gasteiger partial charge in [-0.2, -0.15) is 0 Å². The number of aryl methyl sites for hydroxylation is 1. The molecule has 1 saturated heterocycles. The quantitative estimate of drug-likeness (QED) is 0.839. The van der Waals surface area contributed by atoms with Crippen LogP contribution in [0.2, 0.25) is 0 Å². The van der Waals surface area contributed by atoms with E-state index in [-0.39, 0.29) is 0 Å². The van der Waals surface area contributed by atoms with Gasteiger partial charge in [-0.15, -0.1) is 0 Å². The highest BCUT2D eigenvalue weighted by Gasteiger charge is 2.22. The van der Waals surface area contributed by atoms with Gasteiger partial charge in [0.15, 0.2) is 5.82 Å². The van der Waals surface area contributed by atoms with Crippen LogP contribution in [0.1, 0.15) is 29.8 Å². The molecule has 24 heavy (non-hydrogen) atoms. The van der Waals surface area contributed by atoms with Crippen molar-refractivity contribution in [1.82, 2.24) is 19.9 Å². The summed E-state index contributed by atoms with van der Waals surface area (Å²) in [5.74, 6) is 1.04. The third kappa shape index (κ3) is 2.90. The van der Waals surface area contributed by atoms with Crippen LogP contribution in [0.15, 0.2) is 12.4 Å². The Balaban J connectivity index is 1.58. The second-order valence-corrected chi connectivity index (χ2v) is 6.42. The van der Waals surface area contributed by atoms with Crippen LogP contribution in [0.25, 0.3) is 0 Å². The summed E-state index contributed by atoms with van der Waals surface area (Å²) in [7, 11) is 0. The van der Waals surface area contributed by atoms with Gasteiger partial charge in [-0.25, -0.2) is 24.3 Å². The van der Waals surface area contributed by atoms with Crippen LogP contribution in [-0.2, 0) is 12.8 Å². The Hall–Kier alpha value is -2.31. The lowest BCUT2D eigenvalue weighted by Gasteiger charge is -2.19. The molecule has 0 unspecified atom stereocenters. The second-order valence-electron chi connectivity index (χ2n) is 6.42. The molecule has 4 heterocycles. The van der Waals surface area contributed by atoms with E-state index in [1.165, 1.54) is 30.8 Å². The molecule has 2 aromatic heterocycles. The molecule has 0 amide bonds. The van der Waals surface area contributed by atoms with Gasteiger partial charge in [0.1, 0.15) is 0 Å². The molecule has 1 fully saturated rings. The Labute approximate surface area is 140 Å². The summed E-state index contributed by atoms with van der Waals surface area (Å²) in [5, 5.41) is 0. The molecule has 4 rings (SSSR count). The Morgan fingerprint density at radius 1 is 0.875 bits per heavy atom. The molecule has 126 valence electrons. The van der Waals surface area contributed by atoms with Crippen LogP contribution in [-0.4, -0.2) is 46.1 Å². The summed E-state index contributed by atoms with van der Waals surface area (Å²) >= 11 is 0. The molecule has 2 aliphatic rings. The van der Waals surface area contributed by atoms with Crippen molar-refractivity contribution in [3.8, 4) is 0 Å². The fraction of sp³-hybridized carbons (Fsp3) is 0.529. The predicted molar refractivity (Wildman–Crippen MR) is 89.8 cm³/mol. The maximum absolute atomic E-state index is 13.0. The van der Waals surface area contributed by atoms with E-state index in [9.17, 15) is 4.39 Å². The van der Waals surface area contributed by atoms with E-state index >= 15 is 0 Å². The molecule has 0 aliphatic carbocycles. The average Bonchev–Trinajstić information content (AvgIpc) is 3.03. The normalized spacial score (nSPS) is 17.8. The van der Waals surface area contributed by atoms with E-state index < -0.39 is 5.82 Å². The Kier molecular flexibility index (Phi) is 4.00. The highest BCUT2D eigenvalue weighted by atomic mass is 19.1. The predicted octanol–water partition coefficient (Wildman–Crippen LogP) is 1.92. The summed E-state index contributed by atoms with van der Waals surface area (Å²) in [5.41, 5.74) is 3.44. The van der Waals surface area contributed by atoms with Crippen molar-refractivity contribution in [2.24, 2.45) is 0 Å². The lowest BCUT2D eigenvalue weighted by molar-refractivity contribution is 0.610. The first-order valence-electron chi connectivity index (χ1n) is 8.54. The fourth-order valence-corrected chi connectivity index (χ4v) is 3.50. The van der Waals surface area contributed by atoms with Crippen LogP contribution < -0.4 is 9.80 Å². The van der Waals surface area contributed by atoms with Gasteiger partial charge < -0.3 is 9.80 Å². The molecule has 0 N–H and O–H groups in total. The van der Waals surface area contributed by atoms with E-state index in [4.69, 9.17) is 9.97 Å². The number of nitrogens with zero attached hydrogens (tertiary/aromatic N) is 6. The highest BCUT2D eigenvalue weighted by Crippen LogP contribution is 2.23. The molecule has 2 aromatic rings. The van der Waals surface area contributed by atoms with Gasteiger partial charge in [-0.05, 0) is 31.7 Å². The summed E-state index contributed by atoms with van der Waals surface area (Å²) in [4.78, 5) is 22.2. The second kappa shape index (κ2) is 6.30. The number of fused-ring (bicyclic) bond motifs is 1. The smallest absolute Gasteiger partial charge is 0.225 e. The fourth-order valence-electron chi connectivity index (χ4n) is 3.50. The first-order valence-corrected chi connectivity index (χ1v) is 8.54. The maximum atomic E-state index is 13.0. The summed E-state index contributed by atoms with van der Waals surface area (Å²) in [6.45, 7) is 5.76. The zero-order valence-corrected chi connectivity index (χ0v) is 13.9. The molecule has 0 saturated carbocycles. The molecule has 7 heteroatoms. The van der Waals surface area contributed by atoms with Crippen molar-refractivity contribution in [1.29, 1.82) is 0 Å². The number of hydrogen-bond acceptors (Lipinski definition) is 6. The van der Waals surface area contributed by atoms with Crippen LogP contribution in [0.3, 0.4) is 0 Å². The molecule has 6 nitrogen and oxygen atoms in total. The molecule has 0 spiro atoms. The lowest BCUT2D eigenvalue weighted by Crippen LogP contribution is -2.27. The van der Waals surface area contributed by atoms with E-state index in [1.54, 1.807) is 0 Å². The van der Waals surface area contributed by atoms with E-state index in [2.05, 4.69) is 26.7 Å². The topological polar surface area (TPSA) is 58.0 Å². The third-order valence-electron chi connectivity index (χ3n) is 4.82. The first-order chi connectivity index (χ1) is 11.7. The van der Waals surface area contributed by atoms with Gasteiger partial charge in [0.2, 0.25) is 11.9 Å². The van der Waals surface area contributed by atoms with Crippen molar-refractivity contribution < 1.29 is 4.39 Å². The lowest BCUT2D eigenvalue weighted by atomic mass is 10.1. The van der Waals surface area contributed by atoms with Crippen molar-refractivity contribution in [2.75, 3.05) is 36.0 Å². The molecule has 0 radical (unpaired) electrons. The molecule has 0 aromatic carbocycles. The van der Waals surface area contributed by atoms with Crippen molar-refractivity contribution >= 4 is 11.9 Å². The first kappa shape index (κ1) is 15.2. The van der Waals surface area contributed by atoms with Gasteiger partial charge in [0.05, 0.1) is 18.1 Å². The van der Waals surface area contributed by atoms with Gasteiger partial charge in [-0.1, -0.05) is 0 Å². The monoisotopic (exact) mass is 328 g/mol. The molecule has 0 bridgehead atoms. The zero-order chi connectivity index (χ0) is 16.5. The van der Waals surface area contributed by atoms with Crippen molar-refractivity contribution in [3.05, 3.63) is 35.2 Å². The largest absolute Gasteiger partial charge is 0.341 e. The number of hydrogen-bond donors (Lipinski definition) is 0. The van der Waals surface area contributed by atoms with Crippen molar-refractivity contribution in [2.45, 2.75) is 32.6 Å². The van der Waals surface area contributed by atoms with Crippen LogP contribution in [0.5, 0.6) is 0 Å². The highest BCUT2D eigenvalue weighted by molar-refractivity contribution is 5.41. The van der Waals surface area contributed by atoms with Gasteiger partial charge >= 0.3 is 0 Å². The zero-order valence-electron chi connectivity index (χ0n) is 13.9. The number of anilines is 2. The number of rotatable bonds is 2. The standard InChI is InChI=1S/C17H21FN6/c1-12-14-4-8-24(16-19-10-13(18)11-20-16)9-5-15(14)22-17(21-12)23-6-2-3-7-23/h10-11H,2-9H2,1H3. The van der Waals surface area contributed by atoms with Crippen molar-refractivity contribution in [3.63, 3.8) is 0 Å². The molecule has 0 atom stereocenters. The molecule has 2 aliphatic heterocycles. The minimum absolute atomic E-state index is 0.408. The summed E-state index contributed by atoms with van der Waals surface area (Å²) in [6, 6.07) is 0. The average molecular weight is 328 g/mol. The minimum Gasteiger partial charge on any atom is -0.341 e. The maximum Gasteiger partial charge on any atom is 0.225 e. The third-order valence-corrected chi connectivity index (χ3v) is 4.82. The SMILES string of the molecule is Cc1nc(N2CCCC2)nc2c1CCN(c1ncc(F)cn1)CC2. The van der Waals surface area contributed by atoms with E-state index in [0.29, 0.717) is 5.95 Å². The van der Waals surface area contributed by atoms with Gasteiger partial charge in [0, 0.05) is 38.3 Å². The number of halogens is 1. The molecular formula is C17H21FN6. The van der Waals surface area contributed by atoms with E-state index in [0.717, 1.165) is 56.4 Å². The summed E-state index contributed by atoms with van der Waals surface area (Å²) in [6.07, 6.45) is 6.57. The van der Waals surface area contributed by atoms with Gasteiger partial charge in [0.25, 0.3) is 0 Å². The van der Waals surface area contributed by atoms with Gasteiger partial charge in [-0.3, -0.25) is 0 Å². The van der Waals surface area contributed by atoms with Crippen LogP contribution in [0, 0.1) is 12.7 Å². The Bertz CT molecular complexity index is 727. The Morgan fingerprint density at radius 2 is 1.54 bits per heavy atom. The molecular weight excluding hydrogens is 307 g/mol. The summed E-state index contributed by atoms with van der Waals surface area (Å²) < 4.78 is 13.0. The number of aromatic nitrogens is 4. The van der Waals surface area contributed by atoms with Crippen LogP contribution >= 0.6 is 0 Å². The van der Waals surface area contributed by atoms with E-state index in [1.807, 2.05) is 0 Å². The minimum atomic E-state index is -0.408. The van der Waals surface area contributed by atoms with Crippen LogP contribution in [0.4, 0.5) is 16.3 Å².